The predicted octanol–water partition coefficient (Wildman–Crippen LogP) is -0.846. The quantitative estimate of drug-likeness (QED) is 0.378. The van der Waals surface area contributed by atoms with Crippen molar-refractivity contribution in [2.75, 3.05) is 19.6 Å². The van der Waals surface area contributed by atoms with Crippen LogP contribution in [0.2, 0.25) is 0 Å². The molecule has 3 rings (SSSR count). The third-order valence-electron chi connectivity index (χ3n) is 6.12. The molecule has 2 saturated heterocycles. The largest absolute Gasteiger partial charge is 0.385 e. The smallest absolute Gasteiger partial charge is 0.334 e. The van der Waals surface area contributed by atoms with Crippen molar-refractivity contribution in [1.29, 1.82) is 0 Å². The number of nitrogens with zero attached hydrogens (tertiary/aromatic N) is 3. The van der Waals surface area contributed by atoms with Crippen LogP contribution in [0.1, 0.15) is 45.4 Å². The van der Waals surface area contributed by atoms with E-state index in [9.17, 15) is 22.8 Å². The molecule has 4 amide bonds. The monoisotopic (exact) mass is 428 g/mol. The molecule has 3 fully saturated rings. The molecule has 29 heavy (non-hydrogen) atoms. The molecular weight excluding hydrogens is 400 g/mol. The van der Waals surface area contributed by atoms with Crippen molar-refractivity contribution in [3.05, 3.63) is 11.4 Å². The van der Waals surface area contributed by atoms with Gasteiger partial charge in [-0.1, -0.05) is 13.3 Å². The number of amides is 4. The van der Waals surface area contributed by atoms with Crippen LogP contribution in [-0.4, -0.2) is 66.0 Å². The summed E-state index contributed by atoms with van der Waals surface area (Å²) in [6.07, 6.45) is 3.72. The lowest BCUT2D eigenvalue weighted by Gasteiger charge is -2.53. The van der Waals surface area contributed by atoms with Gasteiger partial charge in [0.15, 0.2) is 0 Å². The van der Waals surface area contributed by atoms with E-state index in [1.165, 1.54) is 4.31 Å². The maximum atomic E-state index is 12.9. The van der Waals surface area contributed by atoms with Crippen molar-refractivity contribution in [2.24, 2.45) is 22.0 Å². The third-order valence-corrected chi connectivity index (χ3v) is 7.09. The Kier molecular flexibility index (Phi) is 5.62. The van der Waals surface area contributed by atoms with Crippen molar-refractivity contribution in [3.8, 4) is 0 Å². The minimum atomic E-state index is -3.70. The normalized spacial score (nSPS) is 23.7. The molecule has 0 aromatic rings. The molecule has 1 spiro atoms. The molecule has 162 valence electrons. The second-order valence-corrected chi connectivity index (χ2v) is 9.69. The zero-order valence-electron chi connectivity index (χ0n) is 16.5. The Morgan fingerprint density at radius 1 is 1.10 bits per heavy atom. The zero-order chi connectivity index (χ0) is 21.6. The number of hydrogen-bond acceptors (Lipinski definition) is 7. The van der Waals surface area contributed by atoms with E-state index in [-0.39, 0.29) is 17.5 Å². The van der Waals surface area contributed by atoms with E-state index in [0.717, 1.165) is 16.2 Å². The highest BCUT2D eigenvalue weighted by molar-refractivity contribution is 7.86. The summed E-state index contributed by atoms with van der Waals surface area (Å²) in [5, 5.41) is 5.16. The minimum absolute atomic E-state index is 0.173. The van der Waals surface area contributed by atoms with E-state index in [0.29, 0.717) is 45.2 Å². The minimum Gasteiger partial charge on any atom is -0.385 e. The van der Waals surface area contributed by atoms with Crippen molar-refractivity contribution in [1.82, 2.24) is 14.1 Å². The highest BCUT2D eigenvalue weighted by Crippen LogP contribution is 2.46. The summed E-state index contributed by atoms with van der Waals surface area (Å²) in [5.74, 6) is -1.90. The molecule has 0 atom stereocenters. The van der Waals surface area contributed by atoms with Crippen LogP contribution in [0, 0.1) is 5.41 Å². The van der Waals surface area contributed by atoms with E-state index < -0.39 is 39.9 Å². The van der Waals surface area contributed by atoms with Crippen molar-refractivity contribution in [3.63, 3.8) is 0 Å². The second kappa shape index (κ2) is 7.58. The first kappa shape index (κ1) is 21.5. The van der Waals surface area contributed by atoms with Crippen LogP contribution in [0.4, 0.5) is 4.79 Å². The maximum absolute atomic E-state index is 12.9. The van der Waals surface area contributed by atoms with Gasteiger partial charge in [-0.15, -0.1) is 0 Å². The van der Waals surface area contributed by atoms with E-state index in [2.05, 4.69) is 0 Å². The van der Waals surface area contributed by atoms with E-state index in [1.807, 2.05) is 6.92 Å². The Bertz CT molecular complexity index is 850. The van der Waals surface area contributed by atoms with Crippen LogP contribution in [0.3, 0.4) is 0 Å². The van der Waals surface area contributed by atoms with Gasteiger partial charge >= 0.3 is 6.03 Å². The van der Waals surface area contributed by atoms with E-state index in [4.69, 9.17) is 16.6 Å². The van der Waals surface area contributed by atoms with Gasteiger partial charge in [0.05, 0.1) is 0 Å². The topological polar surface area (TPSA) is 173 Å². The molecule has 2 aliphatic heterocycles. The second-order valence-electron chi connectivity index (χ2n) is 8.14. The standard InChI is InChI=1S/C17H28N6O5S/c1-2-3-8-22-14(24)12(13(18)19)15(25)23(16(22)26)11-4-6-17(7-5-11)9-21(10-17)29(20,27)28/h11H,2-10,18-19H2,1H3,(H2,20,27,28). The Morgan fingerprint density at radius 3 is 2.17 bits per heavy atom. The Labute approximate surface area is 170 Å². The highest BCUT2D eigenvalue weighted by Gasteiger charge is 2.52. The van der Waals surface area contributed by atoms with E-state index in [1.54, 1.807) is 0 Å². The van der Waals surface area contributed by atoms with Gasteiger partial charge in [0.2, 0.25) is 0 Å². The van der Waals surface area contributed by atoms with Crippen molar-refractivity contribution < 1.29 is 22.8 Å². The lowest BCUT2D eigenvalue weighted by atomic mass is 9.68. The Hall–Kier alpha value is -2.18. The summed E-state index contributed by atoms with van der Waals surface area (Å²) in [5.41, 5.74) is 10.6. The molecule has 1 saturated carbocycles. The lowest BCUT2D eigenvalue weighted by molar-refractivity contribution is -0.138. The van der Waals surface area contributed by atoms with Crippen LogP contribution in [0.25, 0.3) is 0 Å². The molecule has 1 aliphatic carbocycles. The number of carbonyl (C=O) groups excluding carboxylic acids is 3. The number of barbiturate groups is 1. The number of unbranched alkanes of at least 4 members (excludes halogenated alkanes) is 1. The first-order chi connectivity index (χ1) is 13.5. The number of imide groups is 2. The fourth-order valence-corrected chi connectivity index (χ4v) is 5.31. The number of carbonyl (C=O) groups is 3. The maximum Gasteiger partial charge on any atom is 0.334 e. The summed E-state index contributed by atoms with van der Waals surface area (Å²) in [6, 6.07) is -1.03. The molecule has 0 aromatic carbocycles. The van der Waals surface area contributed by atoms with Crippen LogP contribution in [0.5, 0.6) is 0 Å². The van der Waals surface area contributed by atoms with Gasteiger partial charge in [-0.3, -0.25) is 19.4 Å². The van der Waals surface area contributed by atoms with Gasteiger partial charge in [-0.2, -0.15) is 12.7 Å². The molecule has 0 radical (unpaired) electrons. The molecule has 3 aliphatic rings. The summed E-state index contributed by atoms with van der Waals surface area (Å²) in [7, 11) is -3.70. The van der Waals surface area contributed by atoms with Crippen LogP contribution < -0.4 is 16.6 Å². The molecule has 0 bridgehead atoms. The summed E-state index contributed by atoms with van der Waals surface area (Å²) in [4.78, 5) is 40.5. The lowest BCUT2D eigenvalue weighted by Crippen LogP contribution is -2.64. The molecule has 11 nitrogen and oxygen atoms in total. The fraction of sp³-hybridized carbons (Fsp3) is 0.706. The van der Waals surface area contributed by atoms with Gasteiger partial charge in [0.25, 0.3) is 22.0 Å². The number of urea groups is 1. The summed E-state index contributed by atoms with van der Waals surface area (Å²) < 4.78 is 24.1. The fourth-order valence-electron chi connectivity index (χ4n) is 4.40. The van der Waals surface area contributed by atoms with Gasteiger partial charge in [0.1, 0.15) is 11.4 Å². The first-order valence-corrected chi connectivity index (χ1v) is 11.2. The third kappa shape index (κ3) is 3.83. The molecule has 0 aromatic heterocycles. The number of nitrogens with two attached hydrogens (primary N) is 3. The summed E-state index contributed by atoms with van der Waals surface area (Å²) >= 11 is 0. The average Bonchev–Trinajstić information content (AvgIpc) is 2.59. The average molecular weight is 429 g/mol. The van der Waals surface area contributed by atoms with Crippen molar-refractivity contribution >= 4 is 28.1 Å². The SMILES string of the molecule is CCCCN1C(=O)C(=C(N)N)C(=O)N(C2CCC3(CC2)CN(S(N)(=O)=O)C3)C1=O. The van der Waals surface area contributed by atoms with Gasteiger partial charge in [0, 0.05) is 25.7 Å². The van der Waals surface area contributed by atoms with Crippen LogP contribution in [-0.2, 0) is 19.8 Å². The van der Waals surface area contributed by atoms with Crippen LogP contribution in [0.15, 0.2) is 11.4 Å². The first-order valence-electron chi connectivity index (χ1n) is 9.73. The zero-order valence-corrected chi connectivity index (χ0v) is 17.3. The van der Waals surface area contributed by atoms with Crippen LogP contribution >= 0.6 is 0 Å². The predicted molar refractivity (Wildman–Crippen MR) is 104 cm³/mol. The van der Waals surface area contributed by atoms with Gasteiger partial charge in [-0.25, -0.2) is 9.93 Å². The molecular formula is C17H28N6O5S. The Morgan fingerprint density at radius 2 is 1.69 bits per heavy atom. The molecule has 6 N–H and O–H groups in total. The highest BCUT2D eigenvalue weighted by atomic mass is 32.2. The number of hydrogen-bond donors (Lipinski definition) is 3. The molecule has 12 heteroatoms. The molecule has 0 unspecified atom stereocenters. The van der Waals surface area contributed by atoms with Gasteiger partial charge < -0.3 is 11.5 Å². The van der Waals surface area contributed by atoms with E-state index >= 15 is 0 Å². The Balaban J connectivity index is 1.76. The number of rotatable bonds is 5. The van der Waals surface area contributed by atoms with Crippen molar-refractivity contribution in [2.45, 2.75) is 51.5 Å². The summed E-state index contributed by atoms with van der Waals surface area (Å²) in [6.45, 7) is 2.82. The molecule has 2 heterocycles. The van der Waals surface area contributed by atoms with Gasteiger partial charge in [-0.05, 0) is 37.5 Å².